The Hall–Kier alpha value is -2.12. The van der Waals surface area contributed by atoms with Crippen molar-refractivity contribution in [1.29, 1.82) is 0 Å². The number of fused-ring (bicyclic) bond motifs is 1. The zero-order valence-electron chi connectivity index (χ0n) is 11.9. The molecule has 0 aliphatic carbocycles. The zero-order valence-corrected chi connectivity index (χ0v) is 14.3. The van der Waals surface area contributed by atoms with Crippen molar-refractivity contribution in [2.24, 2.45) is 0 Å². The molecular formula is C15H12BrClFN3O2. The van der Waals surface area contributed by atoms with Gasteiger partial charge >= 0.3 is 5.69 Å². The molecule has 2 N–H and O–H groups in total. The summed E-state index contributed by atoms with van der Waals surface area (Å²) in [5.41, 5.74) is 0.295. The summed E-state index contributed by atoms with van der Waals surface area (Å²) in [7, 11) is 1.54. The maximum atomic E-state index is 14.0. The summed E-state index contributed by atoms with van der Waals surface area (Å²) in [6.07, 6.45) is 0. The second-order valence-corrected chi connectivity index (χ2v) is 5.47. The summed E-state index contributed by atoms with van der Waals surface area (Å²) in [5, 5.41) is 3.48. The maximum absolute atomic E-state index is 14.0. The minimum Gasteiger partial charge on any atom is -0.497 e. The van der Waals surface area contributed by atoms with Crippen molar-refractivity contribution in [3.05, 3.63) is 57.2 Å². The molecule has 0 unspecified atom stereocenters. The Morgan fingerprint density at radius 3 is 2.74 bits per heavy atom. The number of hydrogen-bond donors (Lipinski definition) is 2. The van der Waals surface area contributed by atoms with Crippen LogP contribution in [-0.2, 0) is 0 Å². The van der Waals surface area contributed by atoms with Crippen LogP contribution >= 0.6 is 28.3 Å². The predicted molar refractivity (Wildman–Crippen MR) is 93.5 cm³/mol. The quantitative estimate of drug-likeness (QED) is 0.697. The minimum atomic E-state index is -0.516. The monoisotopic (exact) mass is 399 g/mol. The van der Waals surface area contributed by atoms with Crippen molar-refractivity contribution in [2.75, 3.05) is 12.4 Å². The predicted octanol–water partition coefficient (Wildman–Crippen LogP) is 4.00. The lowest BCUT2D eigenvalue weighted by Gasteiger charge is -2.10. The average molecular weight is 401 g/mol. The Morgan fingerprint density at radius 1 is 1.26 bits per heavy atom. The van der Waals surface area contributed by atoms with Crippen LogP contribution < -0.4 is 15.7 Å². The normalized spacial score (nSPS) is 10.2. The number of methoxy groups -OCH3 is 1. The second kappa shape index (κ2) is 6.97. The summed E-state index contributed by atoms with van der Waals surface area (Å²) in [6.45, 7) is 0. The lowest BCUT2D eigenvalue weighted by Crippen LogP contribution is -2.13. The summed E-state index contributed by atoms with van der Waals surface area (Å²) in [5.74, 6) is 0.423. The lowest BCUT2D eigenvalue weighted by molar-refractivity contribution is 0.415. The van der Waals surface area contributed by atoms with Crippen molar-refractivity contribution >= 4 is 50.7 Å². The summed E-state index contributed by atoms with van der Waals surface area (Å²) >= 11 is 3.20. The van der Waals surface area contributed by atoms with Gasteiger partial charge in [0.25, 0.3) is 0 Å². The van der Waals surface area contributed by atoms with Crippen LogP contribution in [0.4, 0.5) is 15.9 Å². The molecule has 1 heterocycles. The van der Waals surface area contributed by atoms with Crippen LogP contribution in [0.25, 0.3) is 10.9 Å². The highest BCUT2D eigenvalue weighted by Gasteiger charge is 2.10. The van der Waals surface area contributed by atoms with Gasteiger partial charge in [0.15, 0.2) is 0 Å². The van der Waals surface area contributed by atoms with E-state index in [9.17, 15) is 9.18 Å². The molecule has 23 heavy (non-hydrogen) atoms. The molecule has 0 saturated carbocycles. The van der Waals surface area contributed by atoms with E-state index in [1.165, 1.54) is 6.07 Å². The number of nitrogens with one attached hydrogen (secondary N) is 2. The Kier molecular flexibility index (Phi) is 5.23. The number of ether oxygens (including phenoxy) is 1. The number of H-pyrrole nitrogens is 1. The standard InChI is InChI=1S/C15H11BrFN3O2.ClH/c1-22-9-3-5-12-10(7-9)14(20-15(21)19-12)18-13-4-2-8(16)6-11(13)17;/h2-7H,1H3,(H2,18,19,20,21);1H. The Balaban J connectivity index is 0.00000192. The van der Waals surface area contributed by atoms with E-state index >= 15 is 0 Å². The average Bonchev–Trinajstić information content (AvgIpc) is 2.49. The van der Waals surface area contributed by atoms with Crippen LogP contribution in [-0.4, -0.2) is 17.1 Å². The summed E-state index contributed by atoms with van der Waals surface area (Å²) in [4.78, 5) is 18.2. The number of nitrogens with zero attached hydrogens (tertiary/aromatic N) is 1. The minimum absolute atomic E-state index is 0. The van der Waals surface area contributed by atoms with E-state index in [0.717, 1.165) is 0 Å². The van der Waals surface area contributed by atoms with E-state index in [4.69, 9.17) is 4.74 Å². The highest BCUT2D eigenvalue weighted by atomic mass is 79.9. The highest BCUT2D eigenvalue weighted by Crippen LogP contribution is 2.27. The number of benzene rings is 2. The number of aromatic nitrogens is 2. The number of hydrogen-bond acceptors (Lipinski definition) is 4. The second-order valence-electron chi connectivity index (χ2n) is 4.55. The molecule has 0 atom stereocenters. The first-order valence-corrected chi connectivity index (χ1v) is 7.16. The van der Waals surface area contributed by atoms with Gasteiger partial charge in [0.1, 0.15) is 17.4 Å². The van der Waals surface area contributed by atoms with Crippen LogP contribution in [0.3, 0.4) is 0 Å². The van der Waals surface area contributed by atoms with Gasteiger partial charge in [-0.3, -0.25) is 0 Å². The zero-order chi connectivity index (χ0) is 15.7. The van der Waals surface area contributed by atoms with Crippen molar-refractivity contribution in [2.45, 2.75) is 0 Å². The van der Waals surface area contributed by atoms with Gasteiger partial charge in [0, 0.05) is 9.86 Å². The Labute approximate surface area is 145 Å². The smallest absolute Gasteiger partial charge is 0.347 e. The van der Waals surface area contributed by atoms with Crippen molar-refractivity contribution < 1.29 is 9.13 Å². The molecule has 0 aliphatic heterocycles. The third kappa shape index (κ3) is 3.62. The third-order valence-electron chi connectivity index (χ3n) is 3.12. The van der Waals surface area contributed by atoms with Gasteiger partial charge in [-0.1, -0.05) is 15.9 Å². The highest BCUT2D eigenvalue weighted by molar-refractivity contribution is 9.10. The van der Waals surface area contributed by atoms with E-state index < -0.39 is 11.5 Å². The number of rotatable bonds is 3. The van der Waals surface area contributed by atoms with Gasteiger partial charge in [0.2, 0.25) is 0 Å². The Morgan fingerprint density at radius 2 is 2.04 bits per heavy atom. The van der Waals surface area contributed by atoms with E-state index in [-0.39, 0.29) is 23.9 Å². The van der Waals surface area contributed by atoms with Crippen LogP contribution in [0.1, 0.15) is 0 Å². The Bertz CT molecular complexity index is 917. The molecule has 8 heteroatoms. The fraction of sp³-hybridized carbons (Fsp3) is 0.0667. The van der Waals surface area contributed by atoms with Crippen LogP contribution in [0, 0.1) is 5.82 Å². The van der Waals surface area contributed by atoms with Crippen LogP contribution in [0.5, 0.6) is 5.75 Å². The van der Waals surface area contributed by atoms with E-state index in [0.29, 0.717) is 21.1 Å². The molecule has 0 aliphatic rings. The molecule has 0 saturated heterocycles. The van der Waals surface area contributed by atoms with Gasteiger partial charge in [-0.2, -0.15) is 4.98 Å². The molecule has 0 fully saturated rings. The molecule has 120 valence electrons. The molecule has 0 amide bonds. The largest absolute Gasteiger partial charge is 0.497 e. The maximum Gasteiger partial charge on any atom is 0.347 e. The molecule has 5 nitrogen and oxygen atoms in total. The fourth-order valence-corrected chi connectivity index (χ4v) is 2.41. The van der Waals surface area contributed by atoms with E-state index in [1.54, 1.807) is 37.4 Å². The van der Waals surface area contributed by atoms with E-state index in [2.05, 4.69) is 31.2 Å². The molecule has 3 aromatic rings. The number of aromatic amines is 1. The van der Waals surface area contributed by atoms with Gasteiger partial charge in [-0.15, -0.1) is 12.4 Å². The number of anilines is 2. The third-order valence-corrected chi connectivity index (χ3v) is 3.61. The lowest BCUT2D eigenvalue weighted by atomic mass is 10.2. The topological polar surface area (TPSA) is 67.0 Å². The van der Waals surface area contributed by atoms with E-state index in [1.807, 2.05) is 0 Å². The summed E-state index contributed by atoms with van der Waals surface area (Å²) < 4.78 is 19.7. The molecule has 0 spiro atoms. The first-order valence-electron chi connectivity index (χ1n) is 6.37. The van der Waals surface area contributed by atoms with Gasteiger partial charge in [0.05, 0.1) is 18.3 Å². The van der Waals surface area contributed by atoms with Crippen molar-refractivity contribution in [3.63, 3.8) is 0 Å². The number of halogens is 3. The molecule has 0 bridgehead atoms. The van der Waals surface area contributed by atoms with Gasteiger partial charge in [-0.25, -0.2) is 9.18 Å². The van der Waals surface area contributed by atoms with Crippen molar-refractivity contribution in [1.82, 2.24) is 9.97 Å². The molecule has 0 radical (unpaired) electrons. The SMILES string of the molecule is COc1ccc2[nH]c(=O)nc(Nc3ccc(Br)cc3F)c2c1.Cl. The van der Waals surface area contributed by atoms with Crippen LogP contribution in [0.2, 0.25) is 0 Å². The van der Waals surface area contributed by atoms with Crippen molar-refractivity contribution in [3.8, 4) is 5.75 Å². The molecule has 2 aromatic carbocycles. The first-order chi connectivity index (χ1) is 10.6. The molecule has 1 aromatic heterocycles. The van der Waals surface area contributed by atoms with Gasteiger partial charge in [-0.05, 0) is 36.4 Å². The van der Waals surface area contributed by atoms with Gasteiger partial charge < -0.3 is 15.0 Å². The first kappa shape index (κ1) is 17.2. The summed E-state index contributed by atoms with van der Waals surface area (Å²) in [6, 6.07) is 9.74. The van der Waals surface area contributed by atoms with Crippen LogP contribution in [0.15, 0.2) is 45.7 Å². The fourth-order valence-electron chi connectivity index (χ4n) is 2.07. The molecular weight excluding hydrogens is 389 g/mol. The molecule has 3 rings (SSSR count).